The van der Waals surface area contributed by atoms with E-state index in [-0.39, 0.29) is 12.1 Å². The number of anilines is 1. The van der Waals surface area contributed by atoms with Crippen molar-refractivity contribution in [3.8, 4) is 28.8 Å². The van der Waals surface area contributed by atoms with E-state index in [1.807, 2.05) is 75.4 Å². The third kappa shape index (κ3) is 4.93. The predicted molar refractivity (Wildman–Crippen MR) is 125 cm³/mol. The summed E-state index contributed by atoms with van der Waals surface area (Å²) in [6, 6.07) is 18.9. The molecular weight excluding hydrogens is 418 g/mol. The molecule has 2 heterocycles. The number of nitrogens with zero attached hydrogens (tertiary/aromatic N) is 4. The van der Waals surface area contributed by atoms with E-state index in [1.165, 1.54) is 0 Å². The van der Waals surface area contributed by atoms with Crippen molar-refractivity contribution in [1.82, 2.24) is 14.7 Å². The van der Waals surface area contributed by atoms with Gasteiger partial charge in [-0.05, 0) is 63.6 Å². The lowest BCUT2D eigenvalue weighted by molar-refractivity contribution is 0.0288. The average molecular weight is 446 g/mol. The van der Waals surface area contributed by atoms with E-state index in [4.69, 9.17) is 15.2 Å². The molecule has 1 saturated heterocycles. The van der Waals surface area contributed by atoms with Crippen LogP contribution in [0, 0.1) is 11.3 Å². The summed E-state index contributed by atoms with van der Waals surface area (Å²) in [6.07, 6.45) is 0.324. The highest BCUT2D eigenvalue weighted by atomic mass is 16.6. The van der Waals surface area contributed by atoms with Crippen LogP contribution in [0.4, 0.5) is 10.6 Å². The number of carbonyl (C=O) groups is 1. The predicted octanol–water partition coefficient (Wildman–Crippen LogP) is 4.98. The normalized spacial score (nSPS) is 15.8. The van der Waals surface area contributed by atoms with Crippen LogP contribution < -0.4 is 10.5 Å². The molecule has 0 spiro atoms. The number of nitrogen functional groups attached to an aromatic ring is 1. The summed E-state index contributed by atoms with van der Waals surface area (Å²) in [6.45, 7) is 6.49. The van der Waals surface area contributed by atoms with Crippen molar-refractivity contribution in [3.05, 3.63) is 60.2 Å². The molecule has 1 atom stereocenters. The van der Waals surface area contributed by atoms with Crippen molar-refractivity contribution in [2.75, 3.05) is 18.8 Å². The number of aromatic nitrogens is 2. The highest BCUT2D eigenvalue weighted by Gasteiger charge is 2.33. The van der Waals surface area contributed by atoms with Gasteiger partial charge in [-0.15, -0.1) is 0 Å². The number of rotatable bonds is 4. The minimum Gasteiger partial charge on any atom is -0.457 e. The van der Waals surface area contributed by atoms with Crippen molar-refractivity contribution in [2.45, 2.75) is 38.8 Å². The van der Waals surface area contributed by atoms with Crippen LogP contribution in [0.15, 0.2) is 54.6 Å². The molecule has 1 aliphatic rings. The third-order valence-electron chi connectivity index (χ3n) is 5.33. The first-order valence-electron chi connectivity index (χ1n) is 10.8. The van der Waals surface area contributed by atoms with Gasteiger partial charge in [-0.2, -0.15) is 10.4 Å². The van der Waals surface area contributed by atoms with Gasteiger partial charge in [0.25, 0.3) is 0 Å². The zero-order chi connectivity index (χ0) is 23.6. The largest absolute Gasteiger partial charge is 0.457 e. The maximum atomic E-state index is 12.4. The lowest BCUT2D eigenvalue weighted by Crippen LogP contribution is -2.35. The van der Waals surface area contributed by atoms with E-state index in [2.05, 4.69) is 11.2 Å². The Labute approximate surface area is 193 Å². The van der Waals surface area contributed by atoms with E-state index in [9.17, 15) is 10.1 Å². The second-order valence-electron chi connectivity index (χ2n) is 8.97. The molecule has 1 aliphatic heterocycles. The fourth-order valence-corrected chi connectivity index (χ4v) is 3.78. The first kappa shape index (κ1) is 22.2. The van der Waals surface area contributed by atoms with Gasteiger partial charge in [0, 0.05) is 18.7 Å². The number of hydrogen-bond donors (Lipinski definition) is 1. The summed E-state index contributed by atoms with van der Waals surface area (Å²) in [5, 5.41) is 14.4. The molecule has 0 saturated carbocycles. The average Bonchev–Trinajstić information content (AvgIpc) is 3.38. The Kier molecular flexibility index (Phi) is 5.97. The van der Waals surface area contributed by atoms with E-state index in [0.29, 0.717) is 42.3 Å². The van der Waals surface area contributed by atoms with Crippen LogP contribution in [0.1, 0.15) is 38.8 Å². The van der Waals surface area contributed by atoms with Gasteiger partial charge in [-0.1, -0.05) is 18.2 Å². The number of carbonyl (C=O) groups excluding carboxylic acids is 1. The van der Waals surface area contributed by atoms with Crippen molar-refractivity contribution in [1.29, 1.82) is 5.26 Å². The molecule has 2 N–H and O–H groups in total. The Morgan fingerprint density at radius 1 is 1.12 bits per heavy atom. The molecule has 8 heteroatoms. The molecule has 1 aromatic heterocycles. The molecule has 8 nitrogen and oxygen atoms in total. The minimum absolute atomic E-state index is 0.126. The quantitative estimate of drug-likeness (QED) is 0.607. The van der Waals surface area contributed by atoms with Crippen LogP contribution in [-0.2, 0) is 4.74 Å². The second kappa shape index (κ2) is 8.87. The SMILES string of the molecule is CC(C)(C)OC(=O)N1CCC(n2nc(-c3ccc(Oc4ccccc4)cc3)c(C#N)c2N)C1. The van der Waals surface area contributed by atoms with Gasteiger partial charge in [0.05, 0.1) is 6.04 Å². The topological polar surface area (TPSA) is 106 Å². The van der Waals surface area contributed by atoms with Crippen LogP contribution in [-0.4, -0.2) is 39.5 Å². The maximum absolute atomic E-state index is 12.4. The number of para-hydroxylation sites is 1. The van der Waals surface area contributed by atoms with Gasteiger partial charge in [0.15, 0.2) is 0 Å². The zero-order valence-corrected chi connectivity index (χ0v) is 19.0. The number of likely N-dealkylation sites (tertiary alicyclic amines) is 1. The van der Waals surface area contributed by atoms with Gasteiger partial charge < -0.3 is 20.1 Å². The van der Waals surface area contributed by atoms with E-state index < -0.39 is 5.60 Å². The van der Waals surface area contributed by atoms with Crippen molar-refractivity contribution < 1.29 is 14.3 Å². The van der Waals surface area contributed by atoms with Crippen LogP contribution in [0.25, 0.3) is 11.3 Å². The van der Waals surface area contributed by atoms with Crippen LogP contribution in [0.5, 0.6) is 11.5 Å². The lowest BCUT2D eigenvalue weighted by Gasteiger charge is -2.24. The molecule has 0 bridgehead atoms. The number of amides is 1. The Morgan fingerprint density at radius 2 is 1.79 bits per heavy atom. The second-order valence-corrected chi connectivity index (χ2v) is 8.97. The van der Waals surface area contributed by atoms with Gasteiger partial charge in [0.2, 0.25) is 0 Å². The molecule has 3 aromatic rings. The Bertz CT molecular complexity index is 1170. The standard InChI is InChI=1S/C25H27N5O3/c1-25(2,3)33-24(31)29-14-13-18(16-29)30-23(27)21(15-26)22(28-30)17-9-11-20(12-10-17)32-19-7-5-4-6-8-19/h4-12,18H,13-14,16,27H2,1-3H3. The Hall–Kier alpha value is -3.99. The number of ether oxygens (including phenoxy) is 2. The summed E-state index contributed by atoms with van der Waals surface area (Å²) in [7, 11) is 0. The smallest absolute Gasteiger partial charge is 0.410 e. The van der Waals surface area contributed by atoms with E-state index >= 15 is 0 Å². The summed E-state index contributed by atoms with van der Waals surface area (Å²) >= 11 is 0. The van der Waals surface area contributed by atoms with Gasteiger partial charge >= 0.3 is 6.09 Å². The van der Waals surface area contributed by atoms with Gasteiger partial charge in [0.1, 0.15) is 40.2 Å². The molecule has 1 unspecified atom stereocenters. The molecule has 0 radical (unpaired) electrons. The van der Waals surface area contributed by atoms with Crippen LogP contribution in [0.2, 0.25) is 0 Å². The highest BCUT2D eigenvalue weighted by molar-refractivity contribution is 5.73. The maximum Gasteiger partial charge on any atom is 0.410 e. The molecule has 2 aromatic carbocycles. The highest BCUT2D eigenvalue weighted by Crippen LogP contribution is 2.33. The fraction of sp³-hybridized carbons (Fsp3) is 0.320. The van der Waals surface area contributed by atoms with E-state index in [1.54, 1.807) is 9.58 Å². The molecule has 0 aliphatic carbocycles. The van der Waals surface area contributed by atoms with E-state index in [0.717, 1.165) is 11.3 Å². The first-order chi connectivity index (χ1) is 15.7. The first-order valence-corrected chi connectivity index (χ1v) is 10.8. The number of nitrogens with two attached hydrogens (primary N) is 1. The minimum atomic E-state index is -0.558. The molecule has 1 fully saturated rings. The van der Waals surface area contributed by atoms with Crippen molar-refractivity contribution in [2.24, 2.45) is 0 Å². The molecule has 170 valence electrons. The third-order valence-corrected chi connectivity index (χ3v) is 5.33. The summed E-state index contributed by atoms with van der Waals surface area (Å²) in [5.41, 5.74) is 7.34. The van der Waals surface area contributed by atoms with Gasteiger partial charge in [-0.3, -0.25) is 0 Å². The number of hydrogen-bond acceptors (Lipinski definition) is 6. The van der Waals surface area contributed by atoms with Crippen molar-refractivity contribution >= 4 is 11.9 Å². The molecular formula is C25H27N5O3. The lowest BCUT2D eigenvalue weighted by atomic mass is 10.1. The molecule has 33 heavy (non-hydrogen) atoms. The monoisotopic (exact) mass is 445 g/mol. The van der Waals surface area contributed by atoms with Crippen LogP contribution in [0.3, 0.4) is 0 Å². The van der Waals surface area contributed by atoms with Gasteiger partial charge in [-0.25, -0.2) is 9.48 Å². The Balaban J connectivity index is 1.53. The zero-order valence-electron chi connectivity index (χ0n) is 19.0. The Morgan fingerprint density at radius 3 is 2.42 bits per heavy atom. The molecule has 4 rings (SSSR count). The fourth-order valence-electron chi connectivity index (χ4n) is 3.78. The summed E-state index contributed by atoms with van der Waals surface area (Å²) < 4.78 is 13.0. The summed E-state index contributed by atoms with van der Waals surface area (Å²) in [5.74, 6) is 1.72. The van der Waals surface area contributed by atoms with Crippen molar-refractivity contribution in [3.63, 3.8) is 0 Å². The molecule has 1 amide bonds. The summed E-state index contributed by atoms with van der Waals surface area (Å²) in [4.78, 5) is 14.1. The van der Waals surface area contributed by atoms with Crippen LogP contribution >= 0.6 is 0 Å². The number of nitriles is 1. The number of benzene rings is 2.